The molecule has 4 nitrogen and oxygen atoms in total. The summed E-state index contributed by atoms with van der Waals surface area (Å²) in [6.07, 6.45) is 0.797. The van der Waals surface area contributed by atoms with E-state index in [4.69, 9.17) is 11.6 Å². The topological polar surface area (TPSA) is 47.3 Å². The molecule has 2 rings (SSSR count). The van der Waals surface area contributed by atoms with Gasteiger partial charge in [0.25, 0.3) is 5.56 Å². The van der Waals surface area contributed by atoms with Crippen LogP contribution in [0.5, 0.6) is 0 Å². The first kappa shape index (κ1) is 8.65. The van der Waals surface area contributed by atoms with Gasteiger partial charge in [0, 0.05) is 6.07 Å². The molecule has 0 spiro atoms. The molecular weight excluding hydrogens is 210 g/mol. The monoisotopic (exact) mass is 215 g/mol. The molecule has 0 bridgehead atoms. The Morgan fingerprint density at radius 1 is 1.69 bits per heavy atom. The number of hydrogen-bond acceptors (Lipinski definition) is 4. The first-order chi connectivity index (χ1) is 6.20. The summed E-state index contributed by atoms with van der Waals surface area (Å²) in [5.74, 6) is 0. The standard InChI is InChI=1S/C7H6ClN3OS/c1-2-5-10-11-6(12)3-4(8)9-7(11)13-5/h3H,2H2,1H3. The maximum atomic E-state index is 11.3. The van der Waals surface area contributed by atoms with Gasteiger partial charge in [-0.15, -0.1) is 0 Å². The molecule has 0 aliphatic carbocycles. The number of aromatic nitrogens is 3. The van der Waals surface area contributed by atoms with Gasteiger partial charge in [-0.05, 0) is 6.42 Å². The van der Waals surface area contributed by atoms with Crippen LogP contribution >= 0.6 is 22.9 Å². The fourth-order valence-corrected chi connectivity index (χ4v) is 2.03. The SMILES string of the molecule is CCc1nn2c(=O)cc(Cl)nc2s1. The van der Waals surface area contributed by atoms with Gasteiger partial charge in [0.05, 0.1) is 0 Å². The molecule has 0 N–H and O–H groups in total. The van der Waals surface area contributed by atoms with Crippen LogP contribution in [-0.4, -0.2) is 14.6 Å². The summed E-state index contributed by atoms with van der Waals surface area (Å²) in [5, 5.41) is 5.17. The van der Waals surface area contributed by atoms with Crippen LogP contribution in [0.3, 0.4) is 0 Å². The molecule has 0 unspecified atom stereocenters. The zero-order chi connectivity index (χ0) is 9.42. The van der Waals surface area contributed by atoms with E-state index < -0.39 is 0 Å². The number of hydrogen-bond donors (Lipinski definition) is 0. The molecule has 0 atom stereocenters. The molecule has 0 amide bonds. The van der Waals surface area contributed by atoms with Gasteiger partial charge < -0.3 is 0 Å². The molecule has 2 aromatic heterocycles. The van der Waals surface area contributed by atoms with E-state index in [9.17, 15) is 4.79 Å². The number of halogens is 1. The highest BCUT2D eigenvalue weighted by Gasteiger charge is 2.05. The maximum absolute atomic E-state index is 11.3. The number of rotatable bonds is 1. The van der Waals surface area contributed by atoms with Crippen molar-refractivity contribution < 1.29 is 0 Å². The minimum atomic E-state index is -0.231. The average Bonchev–Trinajstić information content (AvgIpc) is 2.47. The summed E-state index contributed by atoms with van der Waals surface area (Å²) < 4.78 is 1.27. The second-order valence-corrected chi connectivity index (χ2v) is 3.89. The third-order valence-electron chi connectivity index (χ3n) is 1.56. The van der Waals surface area contributed by atoms with Gasteiger partial charge >= 0.3 is 0 Å². The summed E-state index contributed by atoms with van der Waals surface area (Å²) >= 11 is 7.01. The molecule has 68 valence electrons. The van der Waals surface area contributed by atoms with Gasteiger partial charge in [-0.1, -0.05) is 29.9 Å². The highest BCUT2D eigenvalue weighted by Crippen LogP contribution is 2.12. The van der Waals surface area contributed by atoms with Crippen molar-refractivity contribution in [1.29, 1.82) is 0 Å². The molecule has 6 heteroatoms. The minimum absolute atomic E-state index is 0.219. The molecular formula is C7H6ClN3OS. The van der Waals surface area contributed by atoms with E-state index in [0.717, 1.165) is 11.4 Å². The van der Waals surface area contributed by atoms with E-state index in [1.807, 2.05) is 6.92 Å². The summed E-state index contributed by atoms with van der Waals surface area (Å²) in [7, 11) is 0. The first-order valence-corrected chi connectivity index (χ1v) is 4.95. The Morgan fingerprint density at radius 3 is 3.15 bits per heavy atom. The largest absolute Gasteiger partial charge is 0.276 e. The Labute approximate surface area is 82.8 Å². The zero-order valence-corrected chi connectivity index (χ0v) is 8.39. The van der Waals surface area contributed by atoms with Gasteiger partial charge in [-0.3, -0.25) is 4.79 Å². The summed E-state index contributed by atoms with van der Waals surface area (Å²) in [5.41, 5.74) is -0.231. The van der Waals surface area contributed by atoms with E-state index in [1.54, 1.807) is 0 Å². The summed E-state index contributed by atoms with van der Waals surface area (Å²) in [6, 6.07) is 1.26. The predicted molar refractivity (Wildman–Crippen MR) is 51.5 cm³/mol. The molecule has 0 fully saturated rings. The van der Waals surface area contributed by atoms with Crippen molar-refractivity contribution in [2.24, 2.45) is 0 Å². The lowest BCUT2D eigenvalue weighted by atomic mass is 10.5. The summed E-state index contributed by atoms with van der Waals surface area (Å²) in [6.45, 7) is 1.98. The Balaban J connectivity index is 2.83. The van der Waals surface area contributed by atoms with Crippen molar-refractivity contribution in [1.82, 2.24) is 14.6 Å². The van der Waals surface area contributed by atoms with Crippen LogP contribution in [0.1, 0.15) is 11.9 Å². The van der Waals surface area contributed by atoms with Crippen molar-refractivity contribution in [2.45, 2.75) is 13.3 Å². The molecule has 0 radical (unpaired) electrons. The van der Waals surface area contributed by atoms with Crippen LogP contribution in [0.15, 0.2) is 10.9 Å². The highest BCUT2D eigenvalue weighted by molar-refractivity contribution is 7.16. The van der Waals surface area contributed by atoms with Crippen molar-refractivity contribution >= 4 is 27.9 Å². The van der Waals surface area contributed by atoms with Crippen molar-refractivity contribution in [2.75, 3.05) is 0 Å². The molecule has 0 saturated carbocycles. The Kier molecular flexibility index (Phi) is 2.05. The van der Waals surface area contributed by atoms with Crippen LogP contribution in [0.2, 0.25) is 5.15 Å². The number of nitrogens with zero attached hydrogens (tertiary/aromatic N) is 3. The Morgan fingerprint density at radius 2 is 2.46 bits per heavy atom. The van der Waals surface area contributed by atoms with E-state index >= 15 is 0 Å². The summed E-state index contributed by atoms with van der Waals surface area (Å²) in [4.78, 5) is 15.9. The third kappa shape index (κ3) is 1.45. The van der Waals surface area contributed by atoms with Crippen molar-refractivity contribution in [3.8, 4) is 0 Å². The Hall–Kier alpha value is -0.940. The molecule has 2 aromatic rings. The van der Waals surface area contributed by atoms with Gasteiger partial charge in [0.2, 0.25) is 4.96 Å². The van der Waals surface area contributed by atoms with Crippen LogP contribution in [0.4, 0.5) is 0 Å². The van der Waals surface area contributed by atoms with Crippen LogP contribution in [0, 0.1) is 0 Å². The lowest BCUT2D eigenvalue weighted by molar-refractivity contribution is 0.859. The fourth-order valence-electron chi connectivity index (χ4n) is 0.967. The Bertz CT molecular complexity index is 504. The molecule has 13 heavy (non-hydrogen) atoms. The molecule has 0 aromatic carbocycles. The quantitative estimate of drug-likeness (QED) is 0.675. The predicted octanol–water partition coefficient (Wildman–Crippen LogP) is 1.37. The van der Waals surface area contributed by atoms with Gasteiger partial charge in [-0.2, -0.15) is 9.61 Å². The number of aryl methyl sites for hydroxylation is 1. The average molecular weight is 216 g/mol. The lowest BCUT2D eigenvalue weighted by Gasteiger charge is -1.88. The zero-order valence-electron chi connectivity index (χ0n) is 6.82. The second-order valence-electron chi connectivity index (χ2n) is 2.46. The third-order valence-corrected chi connectivity index (χ3v) is 2.80. The van der Waals surface area contributed by atoms with E-state index in [2.05, 4.69) is 10.1 Å². The van der Waals surface area contributed by atoms with Crippen LogP contribution in [0.25, 0.3) is 4.96 Å². The van der Waals surface area contributed by atoms with Gasteiger partial charge in [0.1, 0.15) is 10.2 Å². The molecule has 0 aliphatic rings. The molecule has 2 heterocycles. The van der Waals surface area contributed by atoms with Gasteiger partial charge in [-0.25, -0.2) is 4.98 Å². The first-order valence-electron chi connectivity index (χ1n) is 3.76. The van der Waals surface area contributed by atoms with E-state index in [1.165, 1.54) is 21.9 Å². The normalized spacial score (nSPS) is 10.9. The van der Waals surface area contributed by atoms with E-state index in [-0.39, 0.29) is 10.7 Å². The molecule has 0 aliphatic heterocycles. The highest BCUT2D eigenvalue weighted by atomic mass is 35.5. The van der Waals surface area contributed by atoms with Gasteiger partial charge in [0.15, 0.2) is 0 Å². The lowest BCUT2D eigenvalue weighted by Crippen LogP contribution is -2.13. The molecule has 0 saturated heterocycles. The van der Waals surface area contributed by atoms with Crippen molar-refractivity contribution in [3.05, 3.63) is 26.6 Å². The number of fused-ring (bicyclic) bond motifs is 1. The smallest absolute Gasteiger partial charge is 0.267 e. The maximum Gasteiger partial charge on any atom is 0.276 e. The fraction of sp³-hybridized carbons (Fsp3) is 0.286. The van der Waals surface area contributed by atoms with E-state index in [0.29, 0.717) is 4.96 Å². The minimum Gasteiger partial charge on any atom is -0.267 e. The van der Waals surface area contributed by atoms with Crippen molar-refractivity contribution in [3.63, 3.8) is 0 Å². The second kappa shape index (κ2) is 3.08. The van der Waals surface area contributed by atoms with Crippen LogP contribution < -0.4 is 5.56 Å². The van der Waals surface area contributed by atoms with Crippen LogP contribution in [-0.2, 0) is 6.42 Å².